The predicted octanol–water partition coefficient (Wildman–Crippen LogP) is 3.87. The van der Waals surface area contributed by atoms with Gasteiger partial charge in [-0.25, -0.2) is 9.78 Å². The van der Waals surface area contributed by atoms with Gasteiger partial charge >= 0.3 is 5.97 Å². The standard InChI is InChI=1S/C21H25N3O3/c1-3-27-21(26)17-6-4-5-7-18(17)23-19-14-16(8-11-22-19)20(25)24-12-9-15(2)10-13-24/h4-8,11,14-15H,3,9-10,12-13H2,1-2H3,(H,22,23). The Morgan fingerprint density at radius 2 is 1.96 bits per heavy atom. The SMILES string of the molecule is CCOC(=O)c1ccccc1Nc1cc(C(=O)N2CCC(C)CC2)ccn1. The Morgan fingerprint density at radius 3 is 2.70 bits per heavy atom. The molecule has 27 heavy (non-hydrogen) atoms. The van der Waals surface area contributed by atoms with Gasteiger partial charge in [0.2, 0.25) is 0 Å². The maximum atomic E-state index is 12.8. The first-order valence-electron chi connectivity index (χ1n) is 9.37. The number of carbonyl (C=O) groups is 2. The molecule has 1 N–H and O–H groups in total. The van der Waals surface area contributed by atoms with E-state index in [0.717, 1.165) is 25.9 Å². The van der Waals surface area contributed by atoms with Crippen LogP contribution in [-0.4, -0.2) is 41.5 Å². The lowest BCUT2D eigenvalue weighted by atomic mass is 9.99. The molecule has 1 amide bonds. The molecule has 1 fully saturated rings. The van der Waals surface area contributed by atoms with Crippen LogP contribution in [0, 0.1) is 5.92 Å². The Hall–Kier alpha value is -2.89. The number of amides is 1. The fourth-order valence-electron chi connectivity index (χ4n) is 3.14. The number of carbonyl (C=O) groups excluding carboxylic acids is 2. The summed E-state index contributed by atoms with van der Waals surface area (Å²) in [6.45, 7) is 5.88. The second-order valence-electron chi connectivity index (χ2n) is 6.80. The van der Waals surface area contributed by atoms with Crippen molar-refractivity contribution in [2.45, 2.75) is 26.7 Å². The Morgan fingerprint density at radius 1 is 1.22 bits per heavy atom. The number of ether oxygens (including phenoxy) is 1. The quantitative estimate of drug-likeness (QED) is 0.812. The van der Waals surface area contributed by atoms with Crippen molar-refractivity contribution < 1.29 is 14.3 Å². The zero-order valence-electron chi connectivity index (χ0n) is 15.8. The Labute approximate surface area is 159 Å². The predicted molar refractivity (Wildman–Crippen MR) is 104 cm³/mol. The molecule has 0 spiro atoms. The lowest BCUT2D eigenvalue weighted by Gasteiger charge is -2.30. The molecule has 2 aromatic rings. The largest absolute Gasteiger partial charge is 0.462 e. The summed E-state index contributed by atoms with van der Waals surface area (Å²) in [5.74, 6) is 0.812. The number of esters is 1. The van der Waals surface area contributed by atoms with Gasteiger partial charge in [0.05, 0.1) is 17.9 Å². The fraction of sp³-hybridized carbons (Fsp3) is 0.381. The lowest BCUT2D eigenvalue weighted by Crippen LogP contribution is -2.37. The van der Waals surface area contributed by atoms with Crippen LogP contribution < -0.4 is 5.32 Å². The molecule has 0 bridgehead atoms. The molecule has 2 heterocycles. The zero-order chi connectivity index (χ0) is 19.2. The zero-order valence-corrected chi connectivity index (χ0v) is 15.8. The number of hydrogen-bond donors (Lipinski definition) is 1. The molecule has 6 heteroatoms. The highest BCUT2D eigenvalue weighted by Gasteiger charge is 2.22. The third-order valence-electron chi connectivity index (χ3n) is 4.76. The summed E-state index contributed by atoms with van der Waals surface area (Å²) >= 11 is 0. The summed E-state index contributed by atoms with van der Waals surface area (Å²) in [6, 6.07) is 10.5. The minimum Gasteiger partial charge on any atom is -0.462 e. The van der Waals surface area contributed by atoms with E-state index in [-0.39, 0.29) is 5.91 Å². The topological polar surface area (TPSA) is 71.5 Å². The fourth-order valence-corrected chi connectivity index (χ4v) is 3.14. The van der Waals surface area contributed by atoms with Gasteiger partial charge < -0.3 is 15.0 Å². The smallest absolute Gasteiger partial charge is 0.340 e. The van der Waals surface area contributed by atoms with E-state index in [0.29, 0.717) is 35.2 Å². The molecular formula is C21H25N3O3. The van der Waals surface area contributed by atoms with Crippen LogP contribution in [0.3, 0.4) is 0 Å². The summed E-state index contributed by atoms with van der Waals surface area (Å²) in [7, 11) is 0. The van der Waals surface area contributed by atoms with Gasteiger partial charge in [-0.3, -0.25) is 4.79 Å². The molecule has 0 aliphatic carbocycles. The van der Waals surface area contributed by atoms with E-state index >= 15 is 0 Å². The van der Waals surface area contributed by atoms with Crippen molar-refractivity contribution in [3.63, 3.8) is 0 Å². The van der Waals surface area contributed by atoms with Crippen LogP contribution >= 0.6 is 0 Å². The number of aromatic nitrogens is 1. The molecule has 6 nitrogen and oxygen atoms in total. The number of hydrogen-bond acceptors (Lipinski definition) is 5. The van der Waals surface area contributed by atoms with E-state index in [9.17, 15) is 9.59 Å². The van der Waals surface area contributed by atoms with Crippen molar-refractivity contribution in [3.05, 3.63) is 53.7 Å². The molecule has 1 aromatic heterocycles. The Kier molecular flexibility index (Phi) is 6.06. The van der Waals surface area contributed by atoms with Crippen molar-refractivity contribution >= 4 is 23.4 Å². The monoisotopic (exact) mass is 367 g/mol. The number of piperidine rings is 1. The minimum absolute atomic E-state index is 0.0195. The lowest BCUT2D eigenvalue weighted by molar-refractivity contribution is 0.0527. The molecule has 0 radical (unpaired) electrons. The van der Waals surface area contributed by atoms with Crippen LogP contribution in [0.1, 0.15) is 47.4 Å². The van der Waals surface area contributed by atoms with E-state index in [1.165, 1.54) is 0 Å². The number of likely N-dealkylation sites (tertiary alicyclic amines) is 1. The molecule has 1 saturated heterocycles. The molecule has 0 atom stereocenters. The number of rotatable bonds is 5. The van der Waals surface area contributed by atoms with Crippen molar-refractivity contribution in [1.29, 1.82) is 0 Å². The van der Waals surface area contributed by atoms with Gasteiger partial charge in [-0.1, -0.05) is 19.1 Å². The second kappa shape index (κ2) is 8.66. The number of anilines is 2. The van der Waals surface area contributed by atoms with E-state index in [2.05, 4.69) is 17.2 Å². The van der Waals surface area contributed by atoms with Crippen molar-refractivity contribution in [2.24, 2.45) is 5.92 Å². The molecular weight excluding hydrogens is 342 g/mol. The van der Waals surface area contributed by atoms with Crippen molar-refractivity contribution in [1.82, 2.24) is 9.88 Å². The molecule has 1 aliphatic heterocycles. The summed E-state index contributed by atoms with van der Waals surface area (Å²) in [4.78, 5) is 31.1. The van der Waals surface area contributed by atoms with E-state index < -0.39 is 5.97 Å². The summed E-state index contributed by atoms with van der Waals surface area (Å²) in [5.41, 5.74) is 1.62. The highest BCUT2D eigenvalue weighted by molar-refractivity contribution is 5.97. The second-order valence-corrected chi connectivity index (χ2v) is 6.80. The first-order chi connectivity index (χ1) is 13.1. The van der Waals surface area contributed by atoms with Gasteiger partial charge in [-0.05, 0) is 49.9 Å². The molecule has 1 aliphatic rings. The van der Waals surface area contributed by atoms with Crippen LogP contribution in [0.15, 0.2) is 42.6 Å². The molecule has 3 rings (SSSR count). The van der Waals surface area contributed by atoms with Gasteiger partial charge in [0, 0.05) is 24.8 Å². The number of para-hydroxylation sites is 1. The first kappa shape index (κ1) is 18.9. The van der Waals surface area contributed by atoms with Crippen molar-refractivity contribution in [3.8, 4) is 0 Å². The highest BCUT2D eigenvalue weighted by atomic mass is 16.5. The van der Waals surface area contributed by atoms with E-state index in [1.807, 2.05) is 11.0 Å². The average Bonchev–Trinajstić information content (AvgIpc) is 2.69. The van der Waals surface area contributed by atoms with E-state index in [1.54, 1.807) is 43.5 Å². The molecule has 0 saturated carbocycles. The van der Waals surface area contributed by atoms with Crippen molar-refractivity contribution in [2.75, 3.05) is 25.0 Å². The van der Waals surface area contributed by atoms with Gasteiger partial charge in [0.1, 0.15) is 5.82 Å². The Bertz CT molecular complexity index is 814. The average molecular weight is 367 g/mol. The third-order valence-corrected chi connectivity index (χ3v) is 4.76. The van der Waals surface area contributed by atoms with Crippen LogP contribution in [0.4, 0.5) is 11.5 Å². The number of pyridine rings is 1. The Balaban J connectivity index is 1.77. The third kappa shape index (κ3) is 4.64. The maximum Gasteiger partial charge on any atom is 0.340 e. The normalized spacial score (nSPS) is 14.7. The molecule has 1 aromatic carbocycles. The van der Waals surface area contributed by atoms with Crippen LogP contribution in [0.5, 0.6) is 0 Å². The van der Waals surface area contributed by atoms with Gasteiger partial charge in [-0.15, -0.1) is 0 Å². The van der Waals surface area contributed by atoms with Gasteiger partial charge in [0.25, 0.3) is 5.91 Å². The first-order valence-corrected chi connectivity index (χ1v) is 9.37. The number of benzene rings is 1. The van der Waals surface area contributed by atoms with Crippen LogP contribution in [0.25, 0.3) is 0 Å². The van der Waals surface area contributed by atoms with Gasteiger partial charge in [0.15, 0.2) is 0 Å². The maximum absolute atomic E-state index is 12.8. The summed E-state index contributed by atoms with van der Waals surface area (Å²) in [5, 5.41) is 3.13. The molecule has 142 valence electrons. The van der Waals surface area contributed by atoms with E-state index in [4.69, 9.17) is 4.74 Å². The summed E-state index contributed by atoms with van der Waals surface area (Å²) < 4.78 is 5.10. The minimum atomic E-state index is -0.393. The molecule has 0 unspecified atom stereocenters. The highest BCUT2D eigenvalue weighted by Crippen LogP contribution is 2.22. The van der Waals surface area contributed by atoms with Gasteiger partial charge in [-0.2, -0.15) is 0 Å². The van der Waals surface area contributed by atoms with Crippen LogP contribution in [-0.2, 0) is 4.74 Å². The van der Waals surface area contributed by atoms with Crippen LogP contribution in [0.2, 0.25) is 0 Å². The number of nitrogens with one attached hydrogen (secondary N) is 1. The summed E-state index contributed by atoms with van der Waals surface area (Å²) in [6.07, 6.45) is 3.68. The number of nitrogens with zero attached hydrogens (tertiary/aromatic N) is 2.